The van der Waals surface area contributed by atoms with Crippen molar-refractivity contribution in [3.63, 3.8) is 0 Å². The molecule has 0 aliphatic carbocycles. The van der Waals surface area contributed by atoms with Crippen molar-refractivity contribution in [2.24, 2.45) is 0 Å². The Labute approximate surface area is 174 Å². The molecule has 2 aromatic rings. The van der Waals surface area contributed by atoms with E-state index in [-0.39, 0.29) is 17.3 Å². The average Bonchev–Trinajstić information content (AvgIpc) is 3.00. The Hall–Kier alpha value is -2.63. The van der Waals surface area contributed by atoms with Crippen LogP contribution in [0.5, 0.6) is 0 Å². The molecule has 28 heavy (non-hydrogen) atoms. The fourth-order valence-corrected chi connectivity index (χ4v) is 4.34. The van der Waals surface area contributed by atoms with Gasteiger partial charge in [0.05, 0.1) is 5.25 Å². The van der Waals surface area contributed by atoms with E-state index in [0.717, 1.165) is 10.0 Å². The first-order chi connectivity index (χ1) is 13.4. The molecule has 1 N–H and O–H groups in total. The molecule has 8 heteroatoms. The van der Waals surface area contributed by atoms with Crippen LogP contribution in [0.3, 0.4) is 0 Å². The predicted molar refractivity (Wildman–Crippen MR) is 110 cm³/mol. The number of anilines is 1. The maximum absolute atomic E-state index is 13.2. The molecule has 1 unspecified atom stereocenters. The van der Waals surface area contributed by atoms with Gasteiger partial charge in [0.1, 0.15) is 22.5 Å². The third kappa shape index (κ3) is 4.11. The highest BCUT2D eigenvalue weighted by atomic mass is 79.9. The largest absolute Gasteiger partial charge is 0.354 e. The first-order valence-electron chi connectivity index (χ1n) is 8.31. The molecule has 0 radical (unpaired) electrons. The molecular weight excluding hydrogens is 445 g/mol. The van der Waals surface area contributed by atoms with E-state index >= 15 is 0 Å². The zero-order valence-electron chi connectivity index (χ0n) is 14.8. The van der Waals surface area contributed by atoms with Gasteiger partial charge >= 0.3 is 0 Å². The lowest BCUT2D eigenvalue weighted by atomic mass is 10.1. The molecule has 142 valence electrons. The van der Waals surface area contributed by atoms with Gasteiger partial charge in [0, 0.05) is 17.2 Å². The van der Waals surface area contributed by atoms with Crippen LogP contribution in [0.25, 0.3) is 0 Å². The number of rotatable bonds is 4. The minimum Gasteiger partial charge on any atom is -0.354 e. The average molecular weight is 460 g/mol. The highest BCUT2D eigenvalue weighted by Gasteiger charge is 2.40. The lowest BCUT2D eigenvalue weighted by Crippen LogP contribution is -2.31. The maximum atomic E-state index is 13.2. The summed E-state index contributed by atoms with van der Waals surface area (Å²) in [5.74, 6) is -1.14. The van der Waals surface area contributed by atoms with Gasteiger partial charge in [0.2, 0.25) is 5.91 Å². The monoisotopic (exact) mass is 459 g/mol. The van der Waals surface area contributed by atoms with E-state index in [1.165, 1.54) is 35.8 Å². The van der Waals surface area contributed by atoms with Crippen LogP contribution in [-0.4, -0.2) is 24.1 Å². The van der Waals surface area contributed by atoms with Gasteiger partial charge in [-0.15, -0.1) is 0 Å². The van der Waals surface area contributed by atoms with Crippen LogP contribution in [0.1, 0.15) is 5.56 Å². The van der Waals surface area contributed by atoms with E-state index in [1.54, 1.807) is 36.4 Å². The van der Waals surface area contributed by atoms with Crippen molar-refractivity contribution in [1.29, 1.82) is 5.26 Å². The number of hydrogen-bond acceptors (Lipinski definition) is 4. The first-order valence-corrected chi connectivity index (χ1v) is 9.99. The van der Waals surface area contributed by atoms with Crippen LogP contribution in [0, 0.1) is 17.1 Å². The second-order valence-corrected chi connectivity index (χ2v) is 8.07. The predicted octanol–water partition coefficient (Wildman–Crippen LogP) is 3.76. The van der Waals surface area contributed by atoms with Crippen LogP contribution in [0.15, 0.2) is 63.6 Å². The highest BCUT2D eigenvalue weighted by Crippen LogP contribution is 2.42. The Bertz CT molecular complexity index is 984. The van der Waals surface area contributed by atoms with Crippen molar-refractivity contribution in [2.45, 2.75) is 11.7 Å². The van der Waals surface area contributed by atoms with E-state index < -0.39 is 11.2 Å². The summed E-state index contributed by atoms with van der Waals surface area (Å²) in [6.07, 6.45) is 0.354. The summed E-state index contributed by atoms with van der Waals surface area (Å²) in [6.45, 7) is 0. The third-order valence-electron chi connectivity index (χ3n) is 4.15. The van der Waals surface area contributed by atoms with E-state index in [2.05, 4.69) is 21.2 Å². The molecule has 1 heterocycles. The summed E-state index contributed by atoms with van der Waals surface area (Å²) in [4.78, 5) is 26.7. The molecule has 1 saturated heterocycles. The van der Waals surface area contributed by atoms with Crippen molar-refractivity contribution >= 4 is 45.2 Å². The molecule has 2 amide bonds. The van der Waals surface area contributed by atoms with Gasteiger partial charge in [-0.25, -0.2) is 4.39 Å². The van der Waals surface area contributed by atoms with E-state index in [9.17, 15) is 19.2 Å². The molecule has 5 nitrogen and oxygen atoms in total. The molecule has 0 aromatic heterocycles. The third-order valence-corrected chi connectivity index (χ3v) is 5.94. The lowest BCUT2D eigenvalue weighted by molar-refractivity contribution is -0.117. The quantitative estimate of drug-likeness (QED) is 0.557. The van der Waals surface area contributed by atoms with Crippen LogP contribution >= 0.6 is 27.7 Å². The fraction of sp³-hybridized carbons (Fsp3) is 0.150. The Morgan fingerprint density at radius 2 is 1.89 bits per heavy atom. The number of hydrogen-bond donors (Lipinski definition) is 1. The summed E-state index contributed by atoms with van der Waals surface area (Å²) in [5.41, 5.74) is 1.24. The second-order valence-electron chi connectivity index (χ2n) is 5.96. The molecular formula is C20H15BrFN3O2S. The van der Waals surface area contributed by atoms with Crippen molar-refractivity contribution in [2.75, 3.05) is 11.9 Å². The molecule has 1 fully saturated rings. The SMILES string of the molecule is CNC(=O)C(C#N)=C1SC(Cc2ccc(F)cc2)C(=O)N1c1ccc(Br)cc1. The van der Waals surface area contributed by atoms with Gasteiger partial charge in [0.25, 0.3) is 5.91 Å². The van der Waals surface area contributed by atoms with Crippen LogP contribution in [0.2, 0.25) is 0 Å². The van der Waals surface area contributed by atoms with Gasteiger partial charge in [-0.2, -0.15) is 5.26 Å². The number of thioether (sulfide) groups is 1. The molecule has 1 aliphatic heterocycles. The molecule has 3 rings (SSSR count). The zero-order chi connectivity index (χ0) is 20.3. The van der Waals surface area contributed by atoms with Crippen molar-refractivity contribution in [3.05, 3.63) is 75.0 Å². The van der Waals surface area contributed by atoms with Crippen molar-refractivity contribution in [1.82, 2.24) is 5.32 Å². The molecule has 0 saturated carbocycles. The van der Waals surface area contributed by atoms with Crippen molar-refractivity contribution in [3.8, 4) is 6.07 Å². The molecule has 1 aliphatic rings. The number of nitrogens with zero attached hydrogens (tertiary/aromatic N) is 2. The number of amides is 2. The Morgan fingerprint density at radius 1 is 1.25 bits per heavy atom. The van der Waals surface area contributed by atoms with Crippen LogP contribution in [0.4, 0.5) is 10.1 Å². The summed E-state index contributed by atoms with van der Waals surface area (Å²) in [6, 6.07) is 14.9. The van der Waals surface area contributed by atoms with E-state index in [4.69, 9.17) is 0 Å². The zero-order valence-corrected chi connectivity index (χ0v) is 17.2. The number of carbonyl (C=O) groups excluding carboxylic acids is 2. The number of nitriles is 1. The lowest BCUT2D eigenvalue weighted by Gasteiger charge is -2.18. The van der Waals surface area contributed by atoms with Crippen LogP contribution < -0.4 is 10.2 Å². The molecule has 0 bridgehead atoms. The van der Waals surface area contributed by atoms with Crippen LogP contribution in [-0.2, 0) is 16.0 Å². The minimum absolute atomic E-state index is 0.120. The Morgan fingerprint density at radius 3 is 2.46 bits per heavy atom. The maximum Gasteiger partial charge on any atom is 0.264 e. The standard InChI is InChI=1S/C20H15BrFN3O2S/c1-24-18(26)16(11-23)20-25(15-8-4-13(21)5-9-15)19(27)17(28-20)10-12-2-6-14(22)7-3-12/h2-9,17H,10H2,1H3,(H,24,26). The highest BCUT2D eigenvalue weighted by molar-refractivity contribution is 9.10. The fourth-order valence-electron chi connectivity index (χ4n) is 2.77. The van der Waals surface area contributed by atoms with Gasteiger partial charge in [-0.1, -0.05) is 39.8 Å². The Kier molecular flexibility index (Phi) is 6.17. The topological polar surface area (TPSA) is 73.2 Å². The number of benzene rings is 2. The summed E-state index contributed by atoms with van der Waals surface area (Å²) >= 11 is 4.52. The number of halogens is 2. The minimum atomic E-state index is -0.553. The molecule has 1 atom stereocenters. The summed E-state index contributed by atoms with van der Waals surface area (Å²) in [7, 11) is 1.43. The number of nitrogens with one attached hydrogen (secondary N) is 1. The molecule has 0 spiro atoms. The van der Waals surface area contributed by atoms with Gasteiger partial charge in [0.15, 0.2) is 0 Å². The normalized spacial score (nSPS) is 18.0. The Balaban J connectivity index is 2.03. The van der Waals surface area contributed by atoms with Crippen molar-refractivity contribution < 1.29 is 14.0 Å². The number of likely N-dealkylation sites (N-methyl/N-ethyl adjacent to an activating group) is 1. The number of carbonyl (C=O) groups is 2. The summed E-state index contributed by atoms with van der Waals surface area (Å²) in [5, 5.41) is 11.7. The second kappa shape index (κ2) is 8.59. The summed E-state index contributed by atoms with van der Waals surface area (Å²) < 4.78 is 14.0. The van der Waals surface area contributed by atoms with E-state index in [1.807, 2.05) is 6.07 Å². The van der Waals surface area contributed by atoms with Gasteiger partial charge < -0.3 is 5.32 Å². The van der Waals surface area contributed by atoms with Gasteiger partial charge in [-0.3, -0.25) is 14.5 Å². The first kappa shape index (κ1) is 20.1. The van der Waals surface area contributed by atoms with Gasteiger partial charge in [-0.05, 0) is 48.4 Å². The smallest absolute Gasteiger partial charge is 0.264 e. The van der Waals surface area contributed by atoms with E-state index in [0.29, 0.717) is 17.1 Å². The molecule has 2 aromatic carbocycles.